The van der Waals surface area contributed by atoms with Crippen LogP contribution in [0.25, 0.3) is 67.6 Å². The van der Waals surface area contributed by atoms with Crippen LogP contribution in [0.5, 0.6) is 0 Å². The molecule has 7 rings (SSSR count). The molecule has 5 aromatic heterocycles. The number of unbranched alkanes of at least 4 members (excludes halogenated alkanes) is 12. The average Bonchev–Trinajstić information content (AvgIpc) is 4.17. The van der Waals surface area contributed by atoms with Crippen molar-refractivity contribution in [1.29, 1.82) is 5.26 Å². The Morgan fingerprint density at radius 3 is 1.48 bits per heavy atom. The number of hydrogen-bond acceptors (Lipinski definition) is 6. The van der Waals surface area contributed by atoms with Crippen LogP contribution in [0.3, 0.4) is 0 Å². The van der Waals surface area contributed by atoms with Crippen molar-refractivity contribution in [1.82, 2.24) is 4.57 Å². The van der Waals surface area contributed by atoms with Gasteiger partial charge >= 0.3 is 5.97 Å². The quantitative estimate of drug-likeness (QED) is 0.0317. The van der Waals surface area contributed by atoms with Crippen LogP contribution in [0.2, 0.25) is 0 Å². The van der Waals surface area contributed by atoms with E-state index in [-0.39, 0.29) is 5.57 Å². The predicted octanol–water partition coefficient (Wildman–Crippen LogP) is 19.2. The van der Waals surface area contributed by atoms with E-state index in [0.717, 1.165) is 43.5 Å². The summed E-state index contributed by atoms with van der Waals surface area (Å²) in [4.78, 5) is 22.3. The lowest BCUT2D eigenvalue weighted by Gasteiger charge is -2.06. The van der Waals surface area contributed by atoms with Crippen LogP contribution in [0.1, 0.15) is 164 Å². The lowest BCUT2D eigenvalue weighted by atomic mass is 10.0. The van der Waals surface area contributed by atoms with E-state index in [4.69, 9.17) is 0 Å². The van der Waals surface area contributed by atoms with Crippen molar-refractivity contribution in [2.45, 2.75) is 170 Å². The Morgan fingerprint density at radius 1 is 0.545 bits per heavy atom. The molecule has 1 N–H and O–H groups in total. The maximum Gasteiger partial charge on any atom is 0.346 e. The fourth-order valence-corrected chi connectivity index (χ4v) is 14.7. The van der Waals surface area contributed by atoms with Crippen LogP contribution in [0.4, 0.5) is 0 Å². The maximum absolute atomic E-state index is 11.9. The zero-order chi connectivity index (χ0) is 46.4. The second kappa shape index (κ2) is 24.7. The molecule has 0 aliphatic heterocycles. The van der Waals surface area contributed by atoms with Crippen molar-refractivity contribution in [3.8, 4) is 45.8 Å². The molecule has 348 valence electrons. The first-order chi connectivity index (χ1) is 32.3. The van der Waals surface area contributed by atoms with Crippen LogP contribution in [0.15, 0.2) is 72.3 Å². The number of aliphatic carboxylic acids is 1. The van der Waals surface area contributed by atoms with Crippen molar-refractivity contribution < 1.29 is 9.90 Å². The topological polar surface area (TPSA) is 66.0 Å². The van der Waals surface area contributed by atoms with E-state index in [2.05, 4.69) is 106 Å². The number of rotatable bonds is 27. The minimum absolute atomic E-state index is 0.216. The van der Waals surface area contributed by atoms with Gasteiger partial charge in [0.2, 0.25) is 0 Å². The summed E-state index contributed by atoms with van der Waals surface area (Å²) in [5.41, 5.74) is 9.43. The van der Waals surface area contributed by atoms with Gasteiger partial charge < -0.3 is 9.67 Å². The highest BCUT2D eigenvalue weighted by Crippen LogP contribution is 2.50. The van der Waals surface area contributed by atoms with Gasteiger partial charge in [-0.25, -0.2) is 4.79 Å². The van der Waals surface area contributed by atoms with E-state index in [9.17, 15) is 15.2 Å². The van der Waals surface area contributed by atoms with Gasteiger partial charge in [-0.3, -0.25) is 0 Å². The second-order valence-electron chi connectivity index (χ2n) is 18.1. The van der Waals surface area contributed by atoms with E-state index >= 15 is 0 Å². The third-order valence-electron chi connectivity index (χ3n) is 13.1. The Bertz CT molecular complexity index is 2760. The number of carboxylic acids is 1. The Kier molecular flexibility index (Phi) is 18.6. The Hall–Kier alpha value is -4.26. The number of nitrogens with zero attached hydrogens (tertiary/aromatic N) is 2. The standard InChI is InChI=1S/C58H70N2O2S4/c1-6-11-15-19-25-40-33-46(34-45(39-59)58(61)62)63-55(40)51-37-42(27-21-17-13-8-3)57(65-51)53-38-43(28-22-18-14-9-4)56(66-53)52-36-41(26-20-16-12-7-2)54(64-52)44-31-32-50-48(35-44)47-29-23-24-30-49(47)60(50)10-5/h23-24,29-38H,6-22,25-28H2,1-5H3,(H,61,62)/b45-34+. The number of aryl methyl sites for hydroxylation is 5. The molecule has 7 aromatic rings. The number of para-hydroxylation sites is 1. The van der Waals surface area contributed by atoms with Gasteiger partial charge in [0.05, 0.1) is 0 Å². The monoisotopic (exact) mass is 954 g/mol. The smallest absolute Gasteiger partial charge is 0.346 e. The molecule has 0 radical (unpaired) electrons. The second-order valence-corrected chi connectivity index (χ2v) is 22.3. The highest BCUT2D eigenvalue weighted by molar-refractivity contribution is 7.29. The van der Waals surface area contributed by atoms with Crippen molar-refractivity contribution in [3.63, 3.8) is 0 Å². The molecule has 66 heavy (non-hydrogen) atoms. The van der Waals surface area contributed by atoms with Gasteiger partial charge in [0, 0.05) is 67.4 Å². The predicted molar refractivity (Wildman–Crippen MR) is 291 cm³/mol. The number of benzene rings is 2. The summed E-state index contributed by atoms with van der Waals surface area (Å²) in [5.74, 6) is -1.17. The van der Waals surface area contributed by atoms with Gasteiger partial charge in [-0.05, 0) is 135 Å². The zero-order valence-corrected chi connectivity index (χ0v) is 43.4. The van der Waals surface area contributed by atoms with E-state index in [1.165, 1.54) is 180 Å². The fraction of sp³-hybridized carbons (Fsp3) is 0.448. The molecule has 0 aliphatic carbocycles. The SMILES string of the molecule is CCCCCCc1cc(-c2sc(-c3sc(-c4sc(/C=C(\C#N)C(=O)O)cc4CCCCCC)cc3CCCCCC)cc2CCCCCC)sc1-c1ccc2c(c1)c1ccccc1n2CC. The van der Waals surface area contributed by atoms with E-state index in [1.807, 2.05) is 40.1 Å². The van der Waals surface area contributed by atoms with Crippen molar-refractivity contribution in [2.24, 2.45) is 0 Å². The van der Waals surface area contributed by atoms with E-state index in [1.54, 1.807) is 17.4 Å². The van der Waals surface area contributed by atoms with Gasteiger partial charge in [-0.15, -0.1) is 45.3 Å². The Morgan fingerprint density at radius 2 is 1.00 bits per heavy atom. The molecule has 8 heteroatoms. The number of carbonyl (C=O) groups is 1. The molecule has 0 saturated heterocycles. The van der Waals surface area contributed by atoms with Crippen LogP contribution in [-0.4, -0.2) is 15.6 Å². The normalized spacial score (nSPS) is 12.0. The third kappa shape index (κ3) is 11.9. The number of thiophene rings is 4. The van der Waals surface area contributed by atoms with E-state index < -0.39 is 5.97 Å². The largest absolute Gasteiger partial charge is 0.477 e. The molecule has 0 saturated carbocycles. The summed E-state index contributed by atoms with van der Waals surface area (Å²) in [6, 6.07) is 27.8. The molecule has 0 bridgehead atoms. The van der Waals surface area contributed by atoms with E-state index in [0.29, 0.717) is 0 Å². The molecule has 0 spiro atoms. The van der Waals surface area contributed by atoms with Gasteiger partial charge in [0.1, 0.15) is 11.6 Å². The molecule has 2 aromatic carbocycles. The van der Waals surface area contributed by atoms with Gasteiger partial charge in [0.25, 0.3) is 0 Å². The van der Waals surface area contributed by atoms with Crippen molar-refractivity contribution in [3.05, 3.63) is 99.4 Å². The molecule has 0 atom stereocenters. The maximum atomic E-state index is 11.9. The number of hydrogen-bond donors (Lipinski definition) is 1. The number of nitriles is 1. The average molecular weight is 955 g/mol. The van der Waals surface area contributed by atoms with Crippen LogP contribution >= 0.6 is 45.3 Å². The minimum atomic E-state index is -1.17. The third-order valence-corrected chi connectivity index (χ3v) is 18.4. The number of carboxylic acid groups (broad SMARTS) is 1. The molecule has 0 fully saturated rings. The number of aromatic nitrogens is 1. The van der Waals surface area contributed by atoms with Crippen molar-refractivity contribution in [2.75, 3.05) is 0 Å². The molecular weight excluding hydrogens is 885 g/mol. The van der Waals surface area contributed by atoms with Crippen molar-refractivity contribution >= 4 is 79.2 Å². The lowest BCUT2D eigenvalue weighted by molar-refractivity contribution is -0.132. The van der Waals surface area contributed by atoms with Gasteiger partial charge in [-0.2, -0.15) is 5.26 Å². The van der Waals surface area contributed by atoms with Crippen LogP contribution in [0, 0.1) is 11.3 Å². The number of fused-ring (bicyclic) bond motifs is 3. The first-order valence-electron chi connectivity index (χ1n) is 25.2. The lowest BCUT2D eigenvalue weighted by Crippen LogP contribution is -1.96. The van der Waals surface area contributed by atoms with Crippen LogP contribution in [-0.2, 0) is 37.0 Å². The molecule has 4 nitrogen and oxygen atoms in total. The van der Waals surface area contributed by atoms with Gasteiger partial charge in [0.15, 0.2) is 0 Å². The fourth-order valence-electron chi connectivity index (χ4n) is 9.54. The highest BCUT2D eigenvalue weighted by atomic mass is 32.1. The molecule has 0 aliphatic rings. The summed E-state index contributed by atoms with van der Waals surface area (Å²) in [6.45, 7) is 12.3. The molecule has 0 unspecified atom stereocenters. The summed E-state index contributed by atoms with van der Waals surface area (Å²) < 4.78 is 2.46. The summed E-state index contributed by atoms with van der Waals surface area (Å²) in [6.07, 6.45) is 25.2. The Balaban J connectivity index is 1.34. The Labute approximate surface area is 411 Å². The highest BCUT2D eigenvalue weighted by Gasteiger charge is 2.23. The van der Waals surface area contributed by atoms with Crippen LogP contribution < -0.4 is 0 Å². The molecule has 5 heterocycles. The first kappa shape index (κ1) is 49.6. The summed E-state index contributed by atoms with van der Waals surface area (Å²) in [7, 11) is 0. The summed E-state index contributed by atoms with van der Waals surface area (Å²) in [5, 5.41) is 22.1. The minimum Gasteiger partial charge on any atom is -0.477 e. The molecule has 0 amide bonds. The first-order valence-corrected chi connectivity index (χ1v) is 28.5. The zero-order valence-electron chi connectivity index (χ0n) is 40.2. The molecular formula is C58H70N2O2S4. The van der Waals surface area contributed by atoms with Gasteiger partial charge in [-0.1, -0.05) is 129 Å². The summed E-state index contributed by atoms with van der Waals surface area (Å²) >= 11 is 7.59.